The van der Waals surface area contributed by atoms with Gasteiger partial charge >= 0.3 is 5.97 Å². The molecule has 0 atom stereocenters. The van der Waals surface area contributed by atoms with Gasteiger partial charge in [0.05, 0.1) is 15.2 Å². The first-order valence-corrected chi connectivity index (χ1v) is 21.0. The van der Waals surface area contributed by atoms with E-state index in [0.717, 1.165) is 50.3 Å². The average Bonchev–Trinajstić information content (AvgIpc) is 3.47. The molecule has 0 radical (unpaired) electrons. The second-order valence-electron chi connectivity index (χ2n) is 15.0. The lowest BCUT2D eigenvalue weighted by molar-refractivity contribution is -0.433. The van der Waals surface area contributed by atoms with Gasteiger partial charge in [0.2, 0.25) is 5.69 Å². The first kappa shape index (κ1) is 39.1. The van der Waals surface area contributed by atoms with Gasteiger partial charge in [-0.25, -0.2) is 8.42 Å². The first-order chi connectivity index (χ1) is 25.3. The van der Waals surface area contributed by atoms with Crippen LogP contribution in [0.15, 0.2) is 106 Å². The molecular weight excluding hydrogens is 725 g/mol. The number of carboxylic acid groups (broad SMARTS) is 1. The van der Waals surface area contributed by atoms with E-state index in [1.54, 1.807) is 12.1 Å². The lowest BCUT2D eigenvalue weighted by Crippen LogP contribution is -2.27. The molecule has 0 saturated carbocycles. The molecule has 284 valence electrons. The number of likely N-dealkylation sites (N-methyl/N-ethyl adjacent to an activating group) is 1. The Hall–Kier alpha value is -4.62. The molecule has 2 N–H and O–H groups in total. The van der Waals surface area contributed by atoms with Crippen molar-refractivity contribution in [2.75, 3.05) is 18.0 Å². The average molecular weight is 771 g/mol. The highest BCUT2D eigenvalue weighted by molar-refractivity contribution is 7.86. The molecule has 2 aliphatic heterocycles. The molecule has 0 aromatic heterocycles. The summed E-state index contributed by atoms with van der Waals surface area (Å²) in [7, 11) is -8.96. The molecule has 6 rings (SSSR count). The second kappa shape index (κ2) is 14.2. The van der Waals surface area contributed by atoms with Crippen LogP contribution in [0.2, 0.25) is 0 Å². The molecule has 54 heavy (non-hydrogen) atoms. The molecule has 4 aromatic carbocycles. The van der Waals surface area contributed by atoms with Crippen LogP contribution in [0.1, 0.15) is 78.4 Å². The van der Waals surface area contributed by atoms with Crippen LogP contribution in [0.25, 0.3) is 21.5 Å². The Labute approximate surface area is 317 Å². The Morgan fingerprint density at radius 3 is 2.06 bits per heavy atom. The van der Waals surface area contributed by atoms with Crippen LogP contribution in [0.4, 0.5) is 11.4 Å². The maximum atomic E-state index is 11.9. The number of hydrogen-bond donors (Lipinski definition) is 2. The number of nitrogens with zero attached hydrogens (tertiary/aromatic N) is 2. The largest absolute Gasteiger partial charge is 0.744 e. The van der Waals surface area contributed by atoms with Crippen LogP contribution in [-0.4, -0.2) is 60.4 Å². The van der Waals surface area contributed by atoms with E-state index in [4.69, 9.17) is 0 Å². The van der Waals surface area contributed by atoms with E-state index in [1.807, 2.05) is 24.3 Å². The third kappa shape index (κ3) is 7.03. The van der Waals surface area contributed by atoms with E-state index >= 15 is 0 Å². The second-order valence-corrected chi connectivity index (χ2v) is 17.8. The van der Waals surface area contributed by atoms with Crippen LogP contribution < -0.4 is 4.90 Å². The summed E-state index contributed by atoms with van der Waals surface area (Å²) in [5.74, 6) is -0.829. The first-order valence-electron chi connectivity index (χ1n) is 18.1. The predicted molar refractivity (Wildman–Crippen MR) is 212 cm³/mol. The molecule has 0 unspecified atom stereocenters. The van der Waals surface area contributed by atoms with Gasteiger partial charge in [-0.2, -0.15) is 13.0 Å². The van der Waals surface area contributed by atoms with Crippen molar-refractivity contribution in [2.45, 2.75) is 87.8 Å². The summed E-state index contributed by atoms with van der Waals surface area (Å²) in [6, 6.07) is 16.9. The zero-order chi connectivity index (χ0) is 39.4. The highest BCUT2D eigenvalue weighted by atomic mass is 32.2. The molecular formula is C42H46N2O8S2. The number of anilines is 1. The molecule has 0 fully saturated rings. The Kier molecular flexibility index (Phi) is 10.3. The topological polar surface area (TPSA) is 155 Å². The fourth-order valence-electron chi connectivity index (χ4n) is 8.34. The Morgan fingerprint density at radius 1 is 0.833 bits per heavy atom. The van der Waals surface area contributed by atoms with Crippen LogP contribution in [-0.2, 0) is 35.9 Å². The van der Waals surface area contributed by atoms with Crippen molar-refractivity contribution >= 4 is 64.8 Å². The smallest absolute Gasteiger partial charge is 0.303 e. The molecule has 4 aromatic rings. The van der Waals surface area contributed by atoms with Crippen LogP contribution >= 0.6 is 0 Å². The number of hydrogen-bond acceptors (Lipinski definition) is 7. The van der Waals surface area contributed by atoms with Crippen LogP contribution in [0.3, 0.4) is 0 Å². The molecule has 0 bridgehead atoms. The Bertz CT molecular complexity index is 2560. The number of allylic oxidation sites excluding steroid dienone is 6. The van der Waals surface area contributed by atoms with Crippen molar-refractivity contribution in [2.24, 2.45) is 0 Å². The van der Waals surface area contributed by atoms with Gasteiger partial charge < -0.3 is 14.6 Å². The van der Waals surface area contributed by atoms with Crippen molar-refractivity contribution in [3.05, 3.63) is 107 Å². The van der Waals surface area contributed by atoms with E-state index in [2.05, 4.69) is 75.3 Å². The highest BCUT2D eigenvalue weighted by Gasteiger charge is 2.45. The summed E-state index contributed by atoms with van der Waals surface area (Å²) in [5, 5.41) is 12.5. The van der Waals surface area contributed by atoms with Crippen LogP contribution in [0.5, 0.6) is 0 Å². The molecule has 2 aliphatic rings. The zero-order valence-electron chi connectivity index (χ0n) is 31.4. The highest BCUT2D eigenvalue weighted by Crippen LogP contribution is 2.51. The van der Waals surface area contributed by atoms with Gasteiger partial charge in [0, 0.05) is 47.5 Å². The number of fused-ring (bicyclic) bond motifs is 6. The molecule has 0 aliphatic carbocycles. The monoisotopic (exact) mass is 770 g/mol. The Balaban J connectivity index is 1.42. The predicted octanol–water partition coefficient (Wildman–Crippen LogP) is 8.37. The maximum Gasteiger partial charge on any atom is 0.303 e. The van der Waals surface area contributed by atoms with E-state index in [1.165, 1.54) is 24.3 Å². The van der Waals surface area contributed by atoms with E-state index in [-0.39, 0.29) is 16.2 Å². The fraction of sp³-hybridized carbons (Fsp3) is 0.333. The summed E-state index contributed by atoms with van der Waals surface area (Å²) < 4.78 is 71.0. The SMILES string of the molecule is CCN1/C(=C/C=C(/C=C/C2=[N+](CC)c3ccc4cc(S(=O)(=O)O)ccc4c3C2(C)C)CCCCC(=O)O)C(C)(C)c2c1ccc1cc(S(=O)(=O)[O-])ccc21. The summed E-state index contributed by atoms with van der Waals surface area (Å²) in [6.45, 7) is 14.1. The minimum absolute atomic E-state index is 0.0855. The van der Waals surface area contributed by atoms with Crippen molar-refractivity contribution in [3.8, 4) is 0 Å². The lowest BCUT2D eigenvalue weighted by atomic mass is 9.79. The molecule has 12 heteroatoms. The van der Waals surface area contributed by atoms with Crippen LogP contribution in [0, 0.1) is 0 Å². The van der Waals surface area contributed by atoms with Gasteiger partial charge in [-0.3, -0.25) is 9.35 Å². The van der Waals surface area contributed by atoms with Crippen molar-refractivity contribution in [3.63, 3.8) is 0 Å². The standard InChI is InChI=1S/C42H46N2O8S2/c1-7-43-34-21-15-28-25-30(53(47,48)49)17-19-32(28)39(34)41(3,4)36(43)23-13-27(11-9-10-12-38(45)46)14-24-37-42(5,6)40-33-20-18-31(54(50,51)52)26-29(33)16-22-35(40)44(37)8-2/h13-26H,7-12H2,1-6H3,(H2-,45,46,47,48,49,50,51,52). The lowest BCUT2D eigenvalue weighted by Gasteiger charge is -2.26. The molecule has 10 nitrogen and oxygen atoms in total. The minimum Gasteiger partial charge on any atom is -0.744 e. The van der Waals surface area contributed by atoms with Gasteiger partial charge in [0.15, 0.2) is 5.71 Å². The summed E-state index contributed by atoms with van der Waals surface area (Å²) >= 11 is 0. The van der Waals surface area contributed by atoms with Gasteiger partial charge in [0.25, 0.3) is 10.1 Å². The van der Waals surface area contributed by atoms with E-state index < -0.39 is 37.0 Å². The molecule has 2 heterocycles. The summed E-state index contributed by atoms with van der Waals surface area (Å²) in [5.41, 5.74) is 6.34. The van der Waals surface area contributed by atoms with E-state index in [0.29, 0.717) is 43.1 Å². The number of benzene rings is 4. The summed E-state index contributed by atoms with van der Waals surface area (Å²) in [6.07, 6.45) is 10.4. The number of unbranched alkanes of at least 4 members (excludes halogenated alkanes) is 1. The Morgan fingerprint density at radius 2 is 1.44 bits per heavy atom. The third-order valence-electron chi connectivity index (χ3n) is 10.9. The van der Waals surface area contributed by atoms with Gasteiger partial charge in [-0.1, -0.05) is 44.2 Å². The molecule has 0 amide bonds. The molecule has 0 saturated heterocycles. The number of carbonyl (C=O) groups is 1. The fourth-order valence-corrected chi connectivity index (χ4v) is 9.36. The number of aliphatic carboxylic acids is 1. The quantitative estimate of drug-likeness (QED) is 0.0626. The minimum atomic E-state index is -4.60. The third-order valence-corrected chi connectivity index (χ3v) is 12.5. The van der Waals surface area contributed by atoms with Gasteiger partial charge in [-0.05, 0) is 122 Å². The van der Waals surface area contributed by atoms with Crippen molar-refractivity contribution in [1.29, 1.82) is 0 Å². The van der Waals surface area contributed by atoms with Crippen molar-refractivity contribution in [1.82, 2.24) is 0 Å². The number of carboxylic acids is 1. The normalized spacial score (nSPS) is 17.7. The van der Waals surface area contributed by atoms with Gasteiger partial charge in [0.1, 0.15) is 16.7 Å². The van der Waals surface area contributed by atoms with E-state index in [9.17, 15) is 35.8 Å². The number of rotatable bonds is 12. The summed E-state index contributed by atoms with van der Waals surface area (Å²) in [4.78, 5) is 13.2. The maximum absolute atomic E-state index is 11.9. The zero-order valence-corrected chi connectivity index (χ0v) is 33.0. The van der Waals surface area contributed by atoms with Gasteiger partial charge in [-0.15, -0.1) is 0 Å². The van der Waals surface area contributed by atoms with Crippen molar-refractivity contribution < 1.29 is 40.4 Å². The molecule has 0 spiro atoms.